The molecule has 0 fully saturated rings. The Bertz CT molecular complexity index is 983. The zero-order valence-electron chi connectivity index (χ0n) is 52.2. The maximum atomic E-state index is 9.75. The summed E-state index contributed by atoms with van der Waals surface area (Å²) in [6, 6.07) is 3.50. The van der Waals surface area contributed by atoms with Crippen molar-refractivity contribution in [3.8, 4) is 12.1 Å². The van der Waals surface area contributed by atoms with Gasteiger partial charge in [-0.05, 0) is 69.1 Å². The van der Waals surface area contributed by atoms with Crippen LogP contribution in [0.5, 0.6) is 0 Å². The fourth-order valence-electron chi connectivity index (χ4n) is 9.89. The molecule has 0 radical (unpaired) electrons. The fourth-order valence-corrected chi connectivity index (χ4v) is 15.4. The molecule has 0 aliphatic rings. The molecule has 0 aliphatic carbocycles. The number of halogens is 8. The van der Waals surface area contributed by atoms with Gasteiger partial charge in [0.15, 0.2) is 0 Å². The van der Waals surface area contributed by atoms with E-state index in [9.17, 15) is 34.5 Å². The molecule has 0 atom stereocenters. The minimum Gasteiger partial charge on any atom is -0.418 e. The maximum absolute atomic E-state index is 9.75. The van der Waals surface area contributed by atoms with Crippen LogP contribution in [0, 0.1) is 22.7 Å². The van der Waals surface area contributed by atoms with Gasteiger partial charge in [-0.2, -0.15) is 10.5 Å². The van der Waals surface area contributed by atoms with Gasteiger partial charge in [0, 0.05) is 13.8 Å². The second-order valence-electron chi connectivity index (χ2n) is 22.0. The number of hydrogen-bond donors (Lipinski definition) is 0. The second-order valence-corrected chi connectivity index (χ2v) is 27.4. The van der Waals surface area contributed by atoms with Gasteiger partial charge in [0.05, 0.1) is 12.1 Å². The van der Waals surface area contributed by atoms with Gasteiger partial charge in [0.1, 0.15) is 0 Å². The number of rotatable bonds is 56. The molecule has 0 saturated heterocycles. The van der Waals surface area contributed by atoms with Crippen molar-refractivity contribution in [2.45, 2.75) is 356 Å². The van der Waals surface area contributed by atoms with Gasteiger partial charge in [0.2, 0.25) is 0 Å². The summed E-state index contributed by atoms with van der Waals surface area (Å²) in [4.78, 5) is 0. The molecule has 0 bridgehead atoms. The molecule has 78 heavy (non-hydrogen) atoms. The largest absolute Gasteiger partial charge is 2.00 e. The number of nitrogens with zero attached hydrogens (tertiary/aromatic N) is 2. The van der Waals surface area contributed by atoms with Crippen LogP contribution in [0.4, 0.5) is 34.5 Å². The van der Waals surface area contributed by atoms with Crippen LogP contribution in [0.3, 0.4) is 0 Å². The van der Waals surface area contributed by atoms with E-state index in [1.165, 1.54) is 296 Å². The molecule has 0 spiro atoms. The summed E-state index contributed by atoms with van der Waals surface area (Å²) >= 11 is 0. The van der Waals surface area contributed by atoms with Crippen molar-refractivity contribution in [3.05, 3.63) is 0 Å². The van der Waals surface area contributed by atoms with E-state index in [2.05, 4.69) is 27.7 Å². The normalized spacial score (nSPS) is 11.1. The average molecular weight is 1260 g/mol. The van der Waals surface area contributed by atoms with Gasteiger partial charge < -0.3 is 34.5 Å². The number of unbranched alkanes of at least 4 members (excludes halogenated alkanes) is 44. The molecule has 472 valence electrons. The minimum absolute atomic E-state index is 0. The Hall–Kier alpha value is 0.0722. The molecule has 2 nitrogen and oxygen atoms in total. The standard InChI is InChI=1S/C59H122P2.2C2H3N.2BF4.Pd/c1-5-9-13-17-21-25-29-33-37-41-45-49-54-60(55-50-46-42-38-34-30-26-22-18-14-10-6-2)58-53-59-61(56-51-47-43-39-35-31-27-23-19-15-11-7-3)57-52-48-44-40-36-32-28-24-20-16-12-8-4;2*1-2-3;2*2-1(3,4)5;/h5-59H2,1-4H3;2*1H3;;;/q;;;2*-1;+2. The van der Waals surface area contributed by atoms with Crippen LogP contribution < -0.4 is 0 Å². The summed E-state index contributed by atoms with van der Waals surface area (Å²) < 4.78 is 78.0. The molecular weight excluding hydrogens is 1130 g/mol. The van der Waals surface area contributed by atoms with E-state index in [0.29, 0.717) is 0 Å². The van der Waals surface area contributed by atoms with Gasteiger partial charge in [-0.15, -0.1) is 15.8 Å². The molecule has 0 saturated carbocycles. The van der Waals surface area contributed by atoms with E-state index in [1.54, 1.807) is 81.2 Å². The van der Waals surface area contributed by atoms with E-state index in [1.807, 2.05) is 0 Å². The molecule has 0 unspecified atom stereocenters. The van der Waals surface area contributed by atoms with Crippen molar-refractivity contribution in [1.82, 2.24) is 0 Å². The van der Waals surface area contributed by atoms with E-state index in [-0.39, 0.29) is 36.3 Å². The summed E-state index contributed by atoms with van der Waals surface area (Å²) in [7, 11) is -11.4. The van der Waals surface area contributed by atoms with Gasteiger partial charge in [0.25, 0.3) is 0 Å². The van der Waals surface area contributed by atoms with Crippen molar-refractivity contribution in [3.63, 3.8) is 0 Å². The number of nitriles is 2. The third-order valence-electron chi connectivity index (χ3n) is 14.3. The first-order valence-electron chi connectivity index (χ1n) is 32.9. The summed E-state index contributed by atoms with van der Waals surface area (Å²) in [5.41, 5.74) is 0. The van der Waals surface area contributed by atoms with E-state index < -0.39 is 14.5 Å². The molecule has 0 rings (SSSR count). The SMILES string of the molecule is CC#N.CC#N.CCCCCCCCCCCCCCP(CCCCCCCCCCCCCC)CCCP(CCCCCCCCCCCCCC)CCCCCCCCCCCCCC.F[B-](F)(F)F.F[B-](F)(F)F.[Pd+2]. The Labute approximate surface area is 498 Å². The first-order chi connectivity index (χ1) is 37.1. The third-order valence-corrected chi connectivity index (χ3v) is 20.0. The van der Waals surface area contributed by atoms with Crippen LogP contribution >= 0.6 is 15.8 Å². The van der Waals surface area contributed by atoms with Crippen molar-refractivity contribution < 1.29 is 54.9 Å². The Morgan fingerprint density at radius 2 is 0.321 bits per heavy atom. The van der Waals surface area contributed by atoms with Crippen molar-refractivity contribution >= 4 is 30.4 Å². The van der Waals surface area contributed by atoms with Gasteiger partial charge >= 0.3 is 34.9 Å². The van der Waals surface area contributed by atoms with Crippen LogP contribution in [0.1, 0.15) is 356 Å². The van der Waals surface area contributed by atoms with E-state index in [4.69, 9.17) is 10.5 Å². The molecule has 15 heteroatoms. The smallest absolute Gasteiger partial charge is 0.418 e. The molecule has 0 aromatic heterocycles. The predicted octanol–water partition coefficient (Wildman–Crippen LogP) is 26.8. The van der Waals surface area contributed by atoms with Crippen LogP contribution in [-0.4, -0.2) is 51.5 Å². The Morgan fingerprint density at radius 1 is 0.231 bits per heavy atom. The van der Waals surface area contributed by atoms with Crippen LogP contribution in [-0.2, 0) is 20.4 Å². The molecule has 0 heterocycles. The molecular formula is C63H128B2F8N2P2Pd. The van der Waals surface area contributed by atoms with Crippen LogP contribution in [0.25, 0.3) is 0 Å². The quantitative estimate of drug-likeness (QED) is 0.0264. The van der Waals surface area contributed by atoms with Crippen molar-refractivity contribution in [2.24, 2.45) is 0 Å². The summed E-state index contributed by atoms with van der Waals surface area (Å²) in [5.74, 6) is 0. The van der Waals surface area contributed by atoms with Crippen LogP contribution in [0.2, 0.25) is 0 Å². The van der Waals surface area contributed by atoms with E-state index in [0.717, 1.165) is 0 Å². The minimum atomic E-state index is -6.00. The second kappa shape index (κ2) is 79.1. The Kier molecular flexibility index (Phi) is 90.6. The molecule has 0 aliphatic heterocycles. The first-order valence-corrected chi connectivity index (χ1v) is 36.7. The molecule has 0 aromatic rings. The molecule has 0 aromatic carbocycles. The molecule has 0 N–H and O–H groups in total. The van der Waals surface area contributed by atoms with Gasteiger partial charge in [-0.3, -0.25) is 0 Å². The average Bonchev–Trinajstić information content (AvgIpc) is 3.36. The summed E-state index contributed by atoms with van der Waals surface area (Å²) in [6.07, 6.45) is 82.7. The van der Waals surface area contributed by atoms with Crippen LogP contribution in [0.15, 0.2) is 0 Å². The topological polar surface area (TPSA) is 47.6 Å². The summed E-state index contributed by atoms with van der Waals surface area (Å²) in [5, 5.41) is 14.6. The monoisotopic (exact) mass is 1250 g/mol. The Morgan fingerprint density at radius 3 is 0.436 bits per heavy atom. The summed E-state index contributed by atoms with van der Waals surface area (Å²) in [6.45, 7) is 12.2. The predicted molar refractivity (Wildman–Crippen MR) is 335 cm³/mol. The fraction of sp³-hybridized carbons (Fsp3) is 0.968. The van der Waals surface area contributed by atoms with Gasteiger partial charge in [-0.1, -0.05) is 310 Å². The zero-order chi connectivity index (χ0) is 58.5. The van der Waals surface area contributed by atoms with Gasteiger partial charge in [-0.25, -0.2) is 0 Å². The van der Waals surface area contributed by atoms with E-state index >= 15 is 0 Å². The number of hydrogen-bond acceptors (Lipinski definition) is 2. The van der Waals surface area contributed by atoms with Crippen molar-refractivity contribution in [1.29, 1.82) is 10.5 Å². The Balaban J connectivity index is -0.000000665. The third kappa shape index (κ3) is 111. The maximum Gasteiger partial charge on any atom is 2.00 e. The zero-order valence-corrected chi connectivity index (χ0v) is 55.5. The molecule has 0 amide bonds. The first kappa shape index (κ1) is 89.3. The van der Waals surface area contributed by atoms with Crippen molar-refractivity contribution in [2.75, 3.05) is 37.0 Å².